The number of nitrogens with zero attached hydrogens (tertiary/aromatic N) is 12. The van der Waals surface area contributed by atoms with Gasteiger partial charge in [0.2, 0.25) is 35.7 Å². The highest BCUT2D eigenvalue weighted by Gasteiger charge is 2.23. The number of allylic oxidation sites excluding steroid dienone is 1. The van der Waals surface area contributed by atoms with Crippen LogP contribution in [0.3, 0.4) is 0 Å². The van der Waals surface area contributed by atoms with Gasteiger partial charge < -0.3 is 56.8 Å². The topological polar surface area (TPSA) is 208 Å². The molecule has 0 saturated heterocycles. The van der Waals surface area contributed by atoms with Crippen molar-refractivity contribution < 1.29 is 56.8 Å². The zero-order valence-electron chi connectivity index (χ0n) is 46.7. The third-order valence-electron chi connectivity index (χ3n) is 8.58. The van der Waals surface area contributed by atoms with Crippen LogP contribution < -0.4 is 29.4 Å². The average molecular weight is 1100 g/mol. The van der Waals surface area contributed by atoms with E-state index in [1.165, 1.54) is 0 Å². The van der Waals surface area contributed by atoms with Crippen LogP contribution in [-0.4, -0.2) is 191 Å². The highest BCUT2D eigenvalue weighted by Crippen LogP contribution is 2.22. The fourth-order valence-electron chi connectivity index (χ4n) is 5.23. The lowest BCUT2D eigenvalue weighted by molar-refractivity contribution is 0.103. The van der Waals surface area contributed by atoms with E-state index in [2.05, 4.69) is 94.2 Å². The first-order valence-corrected chi connectivity index (χ1v) is 24.7. The van der Waals surface area contributed by atoms with Crippen LogP contribution in [0.1, 0.15) is 13.3 Å². The Morgan fingerprint density at radius 2 is 0.385 bits per heavy atom. The van der Waals surface area contributed by atoms with Crippen LogP contribution in [0, 0.1) is 0 Å². The molecular formula is C54H88N12O12. The van der Waals surface area contributed by atoms with Crippen molar-refractivity contribution in [1.29, 1.82) is 0 Å². The predicted molar refractivity (Wildman–Crippen MR) is 309 cm³/mol. The van der Waals surface area contributed by atoms with E-state index in [9.17, 15) is 0 Å². The van der Waals surface area contributed by atoms with E-state index in [1.807, 2.05) is 6.08 Å². The van der Waals surface area contributed by atoms with Crippen molar-refractivity contribution in [3.63, 3.8) is 0 Å². The van der Waals surface area contributed by atoms with Crippen molar-refractivity contribution in [1.82, 2.24) is 29.9 Å². The highest BCUT2D eigenvalue weighted by atomic mass is 16.5. The van der Waals surface area contributed by atoms with E-state index in [-0.39, 0.29) is 98.6 Å². The molecule has 436 valence electrons. The van der Waals surface area contributed by atoms with E-state index < -0.39 is 0 Å². The van der Waals surface area contributed by atoms with Gasteiger partial charge in [-0.2, -0.15) is 29.9 Å². The molecule has 0 aliphatic carbocycles. The summed E-state index contributed by atoms with van der Waals surface area (Å²) in [5.41, 5.74) is 0. The Bertz CT molecular complexity index is 1710. The molecule has 0 aliphatic heterocycles. The molecule has 24 heteroatoms. The zero-order valence-corrected chi connectivity index (χ0v) is 46.7. The van der Waals surface area contributed by atoms with Crippen molar-refractivity contribution in [2.45, 2.75) is 13.3 Å². The largest absolute Gasteiger partial charge is 0.364 e. The number of ether oxygens (including phenoxy) is 12. The molecule has 2 aromatic heterocycles. The van der Waals surface area contributed by atoms with E-state index in [0.29, 0.717) is 83.9 Å². The van der Waals surface area contributed by atoms with Crippen molar-refractivity contribution >= 4 is 35.7 Å². The molecule has 0 saturated carbocycles. The van der Waals surface area contributed by atoms with Crippen LogP contribution in [0.2, 0.25) is 0 Å². The summed E-state index contributed by atoms with van der Waals surface area (Å²) in [4.78, 5) is 38.2. The maximum Gasteiger partial charge on any atom is 0.235 e. The second kappa shape index (κ2) is 51.2. The Morgan fingerprint density at radius 1 is 0.256 bits per heavy atom. The molecule has 0 aliphatic rings. The van der Waals surface area contributed by atoms with Crippen LogP contribution in [0.15, 0.2) is 139 Å². The summed E-state index contributed by atoms with van der Waals surface area (Å²) in [5, 5.41) is 0. The third-order valence-corrected chi connectivity index (χ3v) is 8.58. The quantitative estimate of drug-likeness (QED) is 0.0372. The van der Waals surface area contributed by atoms with Gasteiger partial charge in [0.25, 0.3) is 0 Å². The first-order valence-electron chi connectivity index (χ1n) is 24.7. The van der Waals surface area contributed by atoms with Gasteiger partial charge in [0.1, 0.15) is 80.8 Å². The van der Waals surface area contributed by atoms with Crippen LogP contribution in [-0.2, 0) is 56.8 Å². The van der Waals surface area contributed by atoms with Crippen LogP contribution in [0.25, 0.3) is 0 Å². The van der Waals surface area contributed by atoms with Gasteiger partial charge in [-0.15, -0.1) is 72.4 Å². The minimum atomic E-state index is 0.131. The molecule has 0 spiro atoms. The van der Waals surface area contributed by atoms with Crippen molar-refractivity contribution in [2.24, 2.45) is 0 Å². The number of methoxy groups -OCH3 is 2. The number of hydrogen-bond acceptors (Lipinski definition) is 24. The van der Waals surface area contributed by atoms with Crippen LogP contribution in [0.5, 0.6) is 0 Å². The molecule has 24 nitrogen and oxygen atoms in total. The number of aromatic nitrogens is 6. The van der Waals surface area contributed by atoms with E-state index in [4.69, 9.17) is 71.8 Å². The first kappa shape index (κ1) is 71.5. The van der Waals surface area contributed by atoms with E-state index in [1.54, 1.807) is 104 Å². The minimum absolute atomic E-state index is 0.131. The Hall–Kier alpha value is -6.52. The van der Waals surface area contributed by atoms with Gasteiger partial charge in [0, 0.05) is 14.2 Å². The van der Waals surface area contributed by atoms with Gasteiger partial charge in [0.05, 0.1) is 66.1 Å². The molecule has 0 radical (unpaired) electrons. The maximum atomic E-state index is 5.68. The summed E-state index contributed by atoms with van der Waals surface area (Å²) in [5.74, 6) is 1.82. The Morgan fingerprint density at radius 3 is 0.487 bits per heavy atom. The Kier molecular flexibility index (Phi) is 47.0. The summed E-state index contributed by atoms with van der Waals surface area (Å²) in [6.45, 7) is 47.6. The molecule has 78 heavy (non-hydrogen) atoms. The number of anilines is 6. The summed E-state index contributed by atoms with van der Waals surface area (Å²) < 4.78 is 67.2. The van der Waals surface area contributed by atoms with E-state index in [0.717, 1.165) is 6.42 Å². The van der Waals surface area contributed by atoms with Crippen LogP contribution in [0.4, 0.5) is 35.7 Å². The Balaban J connectivity index is 0.00000143. The molecule has 0 amide bonds. The smallest absolute Gasteiger partial charge is 0.235 e. The Labute approximate surface area is 464 Å². The first-order chi connectivity index (χ1) is 38.2. The summed E-state index contributed by atoms with van der Waals surface area (Å²) >= 11 is 0. The summed E-state index contributed by atoms with van der Waals surface area (Å²) in [6, 6.07) is 0. The third kappa shape index (κ3) is 33.6. The van der Waals surface area contributed by atoms with Gasteiger partial charge in [-0.05, 0) is 6.42 Å². The molecule has 2 aromatic rings. The highest BCUT2D eigenvalue weighted by molar-refractivity contribution is 5.47. The predicted octanol–water partition coefficient (Wildman–Crippen LogP) is 6.97. The van der Waals surface area contributed by atoms with Gasteiger partial charge in [0.15, 0.2) is 0 Å². The van der Waals surface area contributed by atoms with E-state index >= 15 is 0 Å². The molecule has 0 fully saturated rings. The summed E-state index contributed by atoms with van der Waals surface area (Å²) in [6.07, 6.45) is 19.5. The number of rotatable bonds is 51. The SMILES string of the molecule is C=CCC.C=CCOCN(COCC=C)c1nc(N(COC)COC)nc(N(COCC=C)COCC=C)n1.C=CCOCN(COCC=C)c1nc(N(COCC=C)COCC=C)nc(N(COCC=C)COCC=C)n1. The zero-order chi connectivity index (χ0) is 57.7. The molecule has 2 rings (SSSR count). The van der Waals surface area contributed by atoms with Gasteiger partial charge in [-0.3, -0.25) is 29.4 Å². The molecule has 2 heterocycles. The lowest BCUT2D eigenvalue weighted by Gasteiger charge is -2.28. The second-order valence-corrected chi connectivity index (χ2v) is 15.1. The number of hydrogen-bond donors (Lipinski definition) is 0. The fourth-order valence-corrected chi connectivity index (χ4v) is 5.23. The average Bonchev–Trinajstić information content (AvgIpc) is 3.45. The van der Waals surface area contributed by atoms with Gasteiger partial charge in [-0.25, -0.2) is 0 Å². The molecule has 0 aromatic carbocycles. The standard InChI is InChI=1S/C27H42N6O6.C23H38N6O6.C4H8/c1-7-13-34-19-31(20-35-14-8-2)25-28-26(32(21-36-15-9-3)22-37-16-10-4)30-27(29-25)33(23-38-17-11-5)24-39-18-12-6;1-7-11-32-17-28(18-33-12-8-2)22-24-21(27(15-30-5)16-31-6)25-23(26-22)29(19-34-13-9-3)20-35-14-10-4;1-3-4-2/h7-12H,1-6,13-24H2;7-10H,1-4,11-20H2,5-6H3;3H,1,4H2,2H3. The van der Waals surface area contributed by atoms with Gasteiger partial charge >= 0.3 is 0 Å². The van der Waals surface area contributed by atoms with Crippen LogP contribution >= 0.6 is 0 Å². The minimum Gasteiger partial charge on any atom is -0.364 e. The normalized spacial score (nSPS) is 10.3. The van der Waals surface area contributed by atoms with Crippen molar-refractivity contribution in [3.05, 3.63) is 139 Å². The molecule has 0 atom stereocenters. The molecule has 0 N–H and O–H groups in total. The second-order valence-electron chi connectivity index (χ2n) is 15.1. The molecular weight excluding hydrogens is 1010 g/mol. The van der Waals surface area contributed by atoms with Crippen molar-refractivity contribution in [3.8, 4) is 0 Å². The molecule has 0 unspecified atom stereocenters. The van der Waals surface area contributed by atoms with Gasteiger partial charge in [-0.1, -0.05) is 73.8 Å². The summed E-state index contributed by atoms with van der Waals surface area (Å²) in [7, 11) is 3.14. The lowest BCUT2D eigenvalue weighted by Crippen LogP contribution is -2.37. The lowest BCUT2D eigenvalue weighted by atomic mass is 10.5. The molecule has 0 bridgehead atoms. The monoisotopic (exact) mass is 1100 g/mol. The fraction of sp³-hybridized carbons (Fsp3) is 0.481. The maximum absolute atomic E-state index is 5.68. The van der Waals surface area contributed by atoms with Crippen molar-refractivity contribution in [2.75, 3.05) is 190 Å².